The van der Waals surface area contributed by atoms with Crippen LogP contribution in [-0.2, 0) is 11.3 Å². The molecular formula is C12H22AlLiN2O3S2. The second-order valence-corrected chi connectivity index (χ2v) is 5.11. The van der Waals surface area contributed by atoms with E-state index in [-0.39, 0.29) is 57.7 Å². The molecule has 0 bridgehead atoms. The molecule has 0 unspecified atom stereocenters. The molecule has 5 nitrogen and oxygen atoms in total. The van der Waals surface area contributed by atoms with Crippen LogP contribution in [0.2, 0.25) is 0 Å². The Morgan fingerprint density at radius 1 is 1.29 bits per heavy atom. The minimum atomic E-state index is -0.314. The molecule has 1 N–H and O–H groups in total. The Labute approximate surface area is 157 Å². The summed E-state index contributed by atoms with van der Waals surface area (Å²) in [7, 11) is 1.36. The molecule has 21 heavy (non-hydrogen) atoms. The fourth-order valence-electron chi connectivity index (χ4n) is 1.05. The van der Waals surface area contributed by atoms with Crippen LogP contribution in [0.1, 0.15) is 34.8 Å². The van der Waals surface area contributed by atoms with Gasteiger partial charge in [-0.15, -0.1) is 0 Å². The van der Waals surface area contributed by atoms with Crippen molar-refractivity contribution < 1.29 is 34.9 Å². The molecule has 2 aromatic rings. The maximum Gasteiger partial charge on any atom is 1.00 e. The van der Waals surface area contributed by atoms with E-state index in [4.69, 9.17) is 5.11 Å². The minimum Gasteiger partial charge on any atom is -1.00 e. The normalized spacial score (nSPS) is 8.19. The Hall–Kier alpha value is -0.180. The first-order valence-electron chi connectivity index (χ1n) is 5.11. The van der Waals surface area contributed by atoms with Gasteiger partial charge in [-0.1, -0.05) is 7.43 Å². The average molecular weight is 340 g/mol. The summed E-state index contributed by atoms with van der Waals surface area (Å²) < 4.78 is 12.4. The zero-order chi connectivity index (χ0) is 13.5. The SMILES string of the molecule is C.COC(=O)c1cc(C)ns1.Cc1cc(CO)sn1.[AlH3].[H-].[Li+]. The molecule has 0 spiro atoms. The van der Waals surface area contributed by atoms with Gasteiger partial charge in [0.2, 0.25) is 0 Å². The van der Waals surface area contributed by atoms with Gasteiger partial charge in [-0.3, -0.25) is 0 Å². The van der Waals surface area contributed by atoms with Crippen molar-refractivity contribution in [3.05, 3.63) is 33.3 Å². The molecule has 0 aromatic carbocycles. The first-order valence-corrected chi connectivity index (χ1v) is 6.66. The zero-order valence-electron chi connectivity index (χ0n) is 12.3. The topological polar surface area (TPSA) is 72.3 Å². The third-order valence-electron chi connectivity index (χ3n) is 1.85. The van der Waals surface area contributed by atoms with Crippen LogP contribution in [0.15, 0.2) is 12.1 Å². The molecule has 0 saturated carbocycles. The van der Waals surface area contributed by atoms with Crippen LogP contribution < -0.4 is 18.9 Å². The Balaban J connectivity index is -0.000000126. The van der Waals surface area contributed by atoms with Gasteiger partial charge in [0.05, 0.1) is 30.0 Å². The van der Waals surface area contributed by atoms with Gasteiger partial charge in [-0.05, 0) is 49.0 Å². The largest absolute Gasteiger partial charge is 1.00 e. The zero-order valence-corrected chi connectivity index (χ0v) is 13.0. The number of ether oxygens (including phenoxy) is 1. The Morgan fingerprint density at radius 3 is 2.10 bits per heavy atom. The maximum atomic E-state index is 10.8. The van der Waals surface area contributed by atoms with Crippen molar-refractivity contribution in [3.8, 4) is 0 Å². The quantitative estimate of drug-likeness (QED) is 0.546. The van der Waals surface area contributed by atoms with Gasteiger partial charge in [0.15, 0.2) is 17.4 Å². The summed E-state index contributed by atoms with van der Waals surface area (Å²) in [4.78, 5) is 12.3. The molecular weight excluding hydrogens is 318 g/mol. The van der Waals surface area contributed by atoms with E-state index >= 15 is 0 Å². The summed E-state index contributed by atoms with van der Waals surface area (Å²) in [5.74, 6) is -0.314. The van der Waals surface area contributed by atoms with E-state index in [1.54, 1.807) is 6.07 Å². The first kappa shape index (κ1) is 25.8. The minimum absolute atomic E-state index is 0. The molecule has 0 aliphatic heterocycles. The molecule has 0 saturated heterocycles. The van der Waals surface area contributed by atoms with Crippen molar-refractivity contribution in [2.45, 2.75) is 27.9 Å². The van der Waals surface area contributed by atoms with Crippen molar-refractivity contribution in [1.82, 2.24) is 8.75 Å². The second-order valence-electron chi connectivity index (χ2n) is 3.42. The Kier molecular flexibility index (Phi) is 16.5. The van der Waals surface area contributed by atoms with Crippen molar-refractivity contribution in [1.29, 1.82) is 0 Å². The molecule has 0 aliphatic carbocycles. The van der Waals surface area contributed by atoms with Crippen molar-refractivity contribution in [2.24, 2.45) is 0 Å². The van der Waals surface area contributed by atoms with E-state index in [2.05, 4.69) is 13.5 Å². The number of methoxy groups -OCH3 is 1. The number of carbonyl (C=O) groups excluding carboxylic acids is 1. The van der Waals surface area contributed by atoms with Crippen LogP contribution in [-0.4, -0.2) is 44.3 Å². The van der Waals surface area contributed by atoms with Crippen LogP contribution in [0.3, 0.4) is 0 Å². The molecule has 2 aromatic heterocycles. The van der Waals surface area contributed by atoms with Gasteiger partial charge < -0.3 is 11.3 Å². The van der Waals surface area contributed by atoms with Gasteiger partial charge in [-0.25, -0.2) is 4.79 Å². The number of aliphatic hydroxyl groups is 1. The summed E-state index contributed by atoms with van der Waals surface area (Å²) in [6.45, 7) is 3.87. The summed E-state index contributed by atoms with van der Waals surface area (Å²) in [6, 6.07) is 3.58. The fraction of sp³-hybridized carbons (Fsp3) is 0.417. The van der Waals surface area contributed by atoms with E-state index in [0.29, 0.717) is 4.88 Å². The first-order chi connectivity index (χ1) is 8.56. The summed E-state index contributed by atoms with van der Waals surface area (Å²) >= 11 is 2.51. The standard InChI is InChI=1S/C6H7NO2S.C5H7NOS.CH4.Al.Li.4H/c1-4-3-5(10-7-4)6(8)9-2;1-4-2-5(3-7)8-6-4;;;;;;;/h3H,1-2H3;2,7H,3H2,1H3;1H4;;;;;;/q;;;;+1;;;;-1. The van der Waals surface area contributed by atoms with E-state index in [0.717, 1.165) is 27.8 Å². The number of aliphatic hydroxyl groups excluding tert-OH is 1. The summed E-state index contributed by atoms with van der Waals surface area (Å²) in [6.07, 6.45) is 0. The fourth-order valence-corrected chi connectivity index (χ4v) is 2.32. The molecule has 9 heteroatoms. The van der Waals surface area contributed by atoms with Crippen molar-refractivity contribution in [3.63, 3.8) is 0 Å². The smallest absolute Gasteiger partial charge is 1.00 e. The summed E-state index contributed by atoms with van der Waals surface area (Å²) in [5.41, 5.74) is 1.84. The molecule has 0 amide bonds. The molecule has 0 atom stereocenters. The van der Waals surface area contributed by atoms with E-state index in [9.17, 15) is 4.79 Å². The third-order valence-corrected chi connectivity index (χ3v) is 3.57. The van der Waals surface area contributed by atoms with Gasteiger partial charge in [0.25, 0.3) is 0 Å². The number of aryl methyl sites for hydroxylation is 2. The predicted molar refractivity (Wildman–Crippen MR) is 88.7 cm³/mol. The summed E-state index contributed by atoms with van der Waals surface area (Å²) in [5, 5.41) is 8.52. The number of hydrogen-bond acceptors (Lipinski definition) is 7. The van der Waals surface area contributed by atoms with E-state index in [1.165, 1.54) is 18.6 Å². The predicted octanol–water partition coefficient (Wildman–Crippen LogP) is -1.25. The number of hydrogen-bond donors (Lipinski definition) is 1. The molecule has 114 valence electrons. The number of carbonyl (C=O) groups is 1. The van der Waals surface area contributed by atoms with Crippen LogP contribution in [0.25, 0.3) is 0 Å². The van der Waals surface area contributed by atoms with Crippen LogP contribution >= 0.6 is 23.1 Å². The van der Waals surface area contributed by atoms with Gasteiger partial charge >= 0.3 is 24.8 Å². The Bertz CT molecular complexity index is 526. The van der Waals surface area contributed by atoms with Crippen LogP contribution in [0.4, 0.5) is 0 Å². The number of nitrogens with zero attached hydrogens (tertiary/aromatic N) is 2. The molecule has 0 aliphatic rings. The maximum absolute atomic E-state index is 10.8. The van der Waals surface area contributed by atoms with Crippen LogP contribution in [0, 0.1) is 13.8 Å². The third kappa shape index (κ3) is 9.44. The van der Waals surface area contributed by atoms with E-state index in [1.807, 2.05) is 19.9 Å². The molecule has 2 heterocycles. The van der Waals surface area contributed by atoms with Gasteiger partial charge in [0.1, 0.15) is 4.88 Å². The Morgan fingerprint density at radius 2 is 1.81 bits per heavy atom. The van der Waals surface area contributed by atoms with Crippen molar-refractivity contribution >= 4 is 46.4 Å². The molecule has 0 radical (unpaired) electrons. The van der Waals surface area contributed by atoms with Gasteiger partial charge in [-0.2, -0.15) is 8.75 Å². The van der Waals surface area contributed by atoms with Gasteiger partial charge in [0, 0.05) is 0 Å². The monoisotopic (exact) mass is 340 g/mol. The van der Waals surface area contributed by atoms with Crippen molar-refractivity contribution in [2.75, 3.05) is 7.11 Å². The average Bonchev–Trinajstić information content (AvgIpc) is 2.97. The number of rotatable bonds is 2. The second kappa shape index (κ2) is 13.5. The van der Waals surface area contributed by atoms with E-state index < -0.39 is 0 Å². The molecule has 2 rings (SSSR count). The number of esters is 1. The molecule has 0 fully saturated rings. The van der Waals surface area contributed by atoms with Crippen LogP contribution in [0.5, 0.6) is 0 Å². The number of aromatic nitrogens is 2.